The number of alkyl halides is 5. The van der Waals surface area contributed by atoms with E-state index in [1.165, 1.54) is 0 Å². The molecule has 18 heavy (non-hydrogen) atoms. The van der Waals surface area contributed by atoms with Crippen LogP contribution in [0.3, 0.4) is 0 Å². The third-order valence-electron chi connectivity index (χ3n) is 2.13. The fraction of sp³-hybridized carbons (Fsp3) is 0.889. The first-order valence-electron chi connectivity index (χ1n) is 5.08. The van der Waals surface area contributed by atoms with Crippen molar-refractivity contribution in [2.45, 2.75) is 44.0 Å². The molecule has 0 aromatic heterocycles. The topological polar surface area (TPSA) is 72.5 Å². The molecule has 0 spiro atoms. The molecule has 0 saturated heterocycles. The molecular weight excluding hydrogens is 265 g/mol. The van der Waals surface area contributed by atoms with Gasteiger partial charge >= 0.3 is 12.1 Å². The molecule has 0 radical (unpaired) electrons. The van der Waals surface area contributed by atoms with Crippen LogP contribution in [0.1, 0.15) is 19.3 Å². The maximum absolute atomic E-state index is 11.6. The summed E-state index contributed by atoms with van der Waals surface area (Å²) in [6, 6.07) is 0.151. The van der Waals surface area contributed by atoms with E-state index < -0.39 is 25.2 Å². The Kier molecular flexibility index (Phi) is 7.07. The van der Waals surface area contributed by atoms with Gasteiger partial charge in [-0.1, -0.05) is 0 Å². The molecule has 1 rings (SSSR count). The van der Waals surface area contributed by atoms with Crippen LogP contribution in [-0.4, -0.2) is 42.4 Å². The van der Waals surface area contributed by atoms with Crippen LogP contribution in [-0.2, 0) is 9.53 Å². The molecule has 1 aliphatic rings. The number of aliphatic carboxylic acids is 1. The minimum Gasteiger partial charge on any atom is -0.475 e. The Morgan fingerprint density at radius 3 is 2.17 bits per heavy atom. The van der Waals surface area contributed by atoms with E-state index in [0.29, 0.717) is 0 Å². The molecule has 0 aromatic carbocycles. The molecule has 1 saturated carbocycles. The van der Waals surface area contributed by atoms with Gasteiger partial charge in [0.05, 0.1) is 6.10 Å². The molecule has 0 aromatic rings. The van der Waals surface area contributed by atoms with Crippen molar-refractivity contribution in [2.24, 2.45) is 5.73 Å². The van der Waals surface area contributed by atoms with Crippen LogP contribution < -0.4 is 5.73 Å². The van der Waals surface area contributed by atoms with Crippen molar-refractivity contribution < 1.29 is 36.6 Å². The van der Waals surface area contributed by atoms with Crippen molar-refractivity contribution in [3.05, 3.63) is 0 Å². The summed E-state index contributed by atoms with van der Waals surface area (Å²) in [5.41, 5.74) is 5.56. The zero-order chi connectivity index (χ0) is 14.3. The monoisotopic (exact) mass is 279 g/mol. The lowest BCUT2D eigenvalue weighted by Crippen LogP contribution is -2.21. The van der Waals surface area contributed by atoms with Crippen molar-refractivity contribution in [3.8, 4) is 0 Å². The lowest BCUT2D eigenvalue weighted by molar-refractivity contribution is -0.192. The molecule has 0 heterocycles. The highest BCUT2D eigenvalue weighted by atomic mass is 19.4. The van der Waals surface area contributed by atoms with Crippen molar-refractivity contribution in [1.29, 1.82) is 0 Å². The summed E-state index contributed by atoms with van der Waals surface area (Å²) in [4.78, 5) is 8.90. The Morgan fingerprint density at radius 1 is 1.39 bits per heavy atom. The van der Waals surface area contributed by atoms with Crippen molar-refractivity contribution >= 4 is 5.97 Å². The number of carbonyl (C=O) groups is 1. The molecular formula is C9H14F5NO3. The molecule has 3 N–H and O–H groups in total. The first-order valence-corrected chi connectivity index (χ1v) is 5.08. The number of rotatable bonds is 3. The highest BCUT2D eigenvalue weighted by molar-refractivity contribution is 5.73. The molecule has 0 aliphatic heterocycles. The number of ether oxygens (including phenoxy) is 1. The Morgan fingerprint density at radius 2 is 1.89 bits per heavy atom. The average molecular weight is 279 g/mol. The molecule has 4 nitrogen and oxygen atoms in total. The van der Waals surface area contributed by atoms with E-state index in [1.54, 1.807) is 0 Å². The van der Waals surface area contributed by atoms with E-state index in [0.717, 1.165) is 19.3 Å². The number of nitrogens with two attached hydrogens (primary N) is 1. The molecule has 0 bridgehead atoms. The first-order chi connectivity index (χ1) is 8.12. The lowest BCUT2D eigenvalue weighted by Gasteiger charge is -2.10. The second kappa shape index (κ2) is 7.47. The molecule has 108 valence electrons. The summed E-state index contributed by atoms with van der Waals surface area (Å²) in [5.74, 6) is -2.76. The minimum atomic E-state index is -5.08. The van der Waals surface area contributed by atoms with Crippen LogP contribution in [0, 0.1) is 0 Å². The summed E-state index contributed by atoms with van der Waals surface area (Å²) in [7, 11) is 0. The van der Waals surface area contributed by atoms with Crippen LogP contribution >= 0.6 is 0 Å². The number of carboxylic acids is 1. The number of hydrogen-bond acceptors (Lipinski definition) is 3. The number of carboxylic acid groups (broad SMARTS) is 1. The van der Waals surface area contributed by atoms with Crippen LogP contribution in [0.4, 0.5) is 22.0 Å². The maximum Gasteiger partial charge on any atom is 0.490 e. The third-order valence-corrected chi connectivity index (χ3v) is 2.13. The van der Waals surface area contributed by atoms with E-state index in [4.69, 9.17) is 20.4 Å². The highest BCUT2D eigenvalue weighted by Crippen LogP contribution is 2.20. The lowest BCUT2D eigenvalue weighted by atomic mass is 10.3. The highest BCUT2D eigenvalue weighted by Gasteiger charge is 2.38. The zero-order valence-electron chi connectivity index (χ0n) is 9.29. The fourth-order valence-electron chi connectivity index (χ4n) is 1.33. The van der Waals surface area contributed by atoms with Gasteiger partial charge in [0.15, 0.2) is 0 Å². The third kappa shape index (κ3) is 8.18. The average Bonchev–Trinajstić information content (AvgIpc) is 2.60. The Labute approximate surface area is 99.9 Å². The number of halogens is 5. The molecule has 1 aliphatic carbocycles. The van der Waals surface area contributed by atoms with Gasteiger partial charge < -0.3 is 15.6 Å². The smallest absolute Gasteiger partial charge is 0.475 e. The molecule has 1 fully saturated rings. The van der Waals surface area contributed by atoms with Crippen molar-refractivity contribution in [3.63, 3.8) is 0 Å². The molecule has 2 atom stereocenters. The van der Waals surface area contributed by atoms with Crippen molar-refractivity contribution in [2.75, 3.05) is 6.61 Å². The van der Waals surface area contributed by atoms with Gasteiger partial charge in [-0.05, 0) is 19.3 Å². The second-order valence-corrected chi connectivity index (χ2v) is 3.72. The van der Waals surface area contributed by atoms with E-state index in [-0.39, 0.29) is 12.1 Å². The molecule has 0 unspecified atom stereocenters. The quantitative estimate of drug-likeness (QED) is 0.772. The fourth-order valence-corrected chi connectivity index (χ4v) is 1.33. The van der Waals surface area contributed by atoms with E-state index >= 15 is 0 Å². The Balaban J connectivity index is 0.000000360. The Bertz CT molecular complexity index is 259. The van der Waals surface area contributed by atoms with E-state index in [2.05, 4.69) is 0 Å². The predicted octanol–water partition coefficient (Wildman–Crippen LogP) is 1.78. The normalized spacial score (nSPS) is 23.7. The van der Waals surface area contributed by atoms with Gasteiger partial charge in [-0.25, -0.2) is 13.6 Å². The predicted molar refractivity (Wildman–Crippen MR) is 51.3 cm³/mol. The molecule has 9 heteroatoms. The van der Waals surface area contributed by atoms with Crippen LogP contribution in [0.5, 0.6) is 0 Å². The summed E-state index contributed by atoms with van der Waals surface area (Å²) < 4.78 is 59.9. The van der Waals surface area contributed by atoms with Gasteiger partial charge in [0.25, 0.3) is 6.43 Å². The van der Waals surface area contributed by atoms with E-state index in [1.807, 2.05) is 0 Å². The maximum atomic E-state index is 11.6. The Hall–Kier alpha value is -0.960. The van der Waals surface area contributed by atoms with Crippen molar-refractivity contribution in [1.82, 2.24) is 0 Å². The van der Waals surface area contributed by atoms with Crippen LogP contribution in [0.2, 0.25) is 0 Å². The van der Waals surface area contributed by atoms with Gasteiger partial charge in [-0.3, -0.25) is 0 Å². The van der Waals surface area contributed by atoms with Gasteiger partial charge in [0.2, 0.25) is 0 Å². The van der Waals surface area contributed by atoms with Gasteiger partial charge in [0.1, 0.15) is 6.61 Å². The SMILES string of the molecule is N[C@@H]1CC[C@@H](OCC(F)F)C1.O=C(O)C(F)(F)F. The van der Waals surface area contributed by atoms with Crippen LogP contribution in [0.15, 0.2) is 0 Å². The summed E-state index contributed by atoms with van der Waals surface area (Å²) in [5, 5.41) is 7.12. The van der Waals surface area contributed by atoms with E-state index in [9.17, 15) is 22.0 Å². The van der Waals surface area contributed by atoms with Crippen LogP contribution in [0.25, 0.3) is 0 Å². The molecule has 0 amide bonds. The summed E-state index contributed by atoms with van der Waals surface area (Å²) in [6.45, 7) is -0.447. The zero-order valence-corrected chi connectivity index (χ0v) is 9.29. The van der Waals surface area contributed by atoms with Gasteiger partial charge in [0, 0.05) is 6.04 Å². The number of hydrogen-bond donors (Lipinski definition) is 2. The standard InChI is InChI=1S/C7H13F2NO.C2HF3O2/c8-7(9)4-11-6-2-1-5(10)3-6;3-2(4,5)1(6)7/h5-7H,1-4,10H2;(H,6,7)/t5-,6-;/m1./s1. The van der Waals surface area contributed by atoms with Gasteiger partial charge in [-0.15, -0.1) is 0 Å². The summed E-state index contributed by atoms with van der Waals surface area (Å²) >= 11 is 0. The largest absolute Gasteiger partial charge is 0.490 e. The van der Waals surface area contributed by atoms with Gasteiger partial charge in [-0.2, -0.15) is 13.2 Å². The first kappa shape index (κ1) is 17.0. The second-order valence-electron chi connectivity index (χ2n) is 3.72. The minimum absolute atomic E-state index is 0.0287. The summed E-state index contributed by atoms with van der Waals surface area (Å²) in [6.07, 6.45) is -5.01.